The summed E-state index contributed by atoms with van der Waals surface area (Å²) >= 11 is 3.62. The Morgan fingerprint density at radius 1 is 1.40 bits per heavy atom. The Balaban J connectivity index is 1.91. The fourth-order valence-corrected chi connectivity index (χ4v) is 3.01. The lowest BCUT2D eigenvalue weighted by atomic mass is 9.89. The van der Waals surface area contributed by atoms with Crippen LogP contribution in [0.3, 0.4) is 0 Å². The van der Waals surface area contributed by atoms with Crippen LogP contribution in [0.5, 0.6) is 11.5 Å². The predicted octanol–water partition coefficient (Wildman–Crippen LogP) is 3.08. The summed E-state index contributed by atoms with van der Waals surface area (Å²) < 4.78 is 5.07. The molecule has 0 aliphatic heterocycles. The molecule has 5 heteroatoms. The van der Waals surface area contributed by atoms with E-state index in [4.69, 9.17) is 4.74 Å². The molecule has 2 rings (SSSR count). The first-order valence-corrected chi connectivity index (χ1v) is 7.81. The van der Waals surface area contributed by atoms with Gasteiger partial charge in [0.1, 0.15) is 11.5 Å². The molecule has 0 bridgehead atoms. The van der Waals surface area contributed by atoms with Gasteiger partial charge in [0.25, 0.3) is 5.91 Å². The molecule has 1 saturated carbocycles. The number of amides is 1. The van der Waals surface area contributed by atoms with Gasteiger partial charge in [0, 0.05) is 11.4 Å². The van der Waals surface area contributed by atoms with Crippen molar-refractivity contribution in [1.82, 2.24) is 5.32 Å². The van der Waals surface area contributed by atoms with Crippen LogP contribution < -0.4 is 10.1 Å². The van der Waals surface area contributed by atoms with E-state index in [-0.39, 0.29) is 17.2 Å². The minimum Gasteiger partial charge on any atom is -0.507 e. The minimum atomic E-state index is -0.248. The van der Waals surface area contributed by atoms with E-state index in [1.54, 1.807) is 12.1 Å². The summed E-state index contributed by atoms with van der Waals surface area (Å²) in [6, 6.07) is 4.66. The number of hydrogen-bond acceptors (Lipinski definition) is 3. The number of ether oxygens (including phenoxy) is 1. The molecule has 0 spiro atoms. The summed E-state index contributed by atoms with van der Waals surface area (Å²) in [5.41, 5.74) is 0.263. The van der Waals surface area contributed by atoms with Gasteiger partial charge in [-0.25, -0.2) is 0 Å². The number of rotatable bonds is 4. The van der Waals surface area contributed by atoms with Crippen LogP contribution in [-0.4, -0.2) is 29.5 Å². The highest BCUT2D eigenvalue weighted by atomic mass is 79.9. The van der Waals surface area contributed by atoms with E-state index in [2.05, 4.69) is 21.2 Å². The monoisotopic (exact) mass is 341 g/mol. The summed E-state index contributed by atoms with van der Waals surface area (Å²) in [6.07, 6.45) is 4.57. The molecule has 0 heterocycles. The number of carbonyl (C=O) groups excluding carboxylic acids is 1. The fraction of sp³-hybridized carbons (Fsp3) is 0.533. The van der Waals surface area contributed by atoms with Crippen molar-refractivity contribution in [2.24, 2.45) is 5.92 Å². The quantitative estimate of drug-likeness (QED) is 0.827. The number of phenolic OH excluding ortho intramolecular Hbond substituents is 1. The van der Waals surface area contributed by atoms with Crippen molar-refractivity contribution in [2.75, 3.05) is 13.7 Å². The Hall–Kier alpha value is -1.23. The number of benzene rings is 1. The van der Waals surface area contributed by atoms with Crippen molar-refractivity contribution in [2.45, 2.75) is 30.5 Å². The van der Waals surface area contributed by atoms with Gasteiger partial charge < -0.3 is 15.2 Å². The molecular formula is C15H20BrNO3. The molecule has 2 N–H and O–H groups in total. The van der Waals surface area contributed by atoms with Gasteiger partial charge >= 0.3 is 0 Å². The number of aromatic hydroxyl groups is 1. The second-order valence-electron chi connectivity index (χ2n) is 5.21. The Morgan fingerprint density at radius 2 is 2.10 bits per heavy atom. The largest absolute Gasteiger partial charge is 0.507 e. The number of phenols is 1. The number of nitrogens with one attached hydrogen (secondary N) is 1. The summed E-state index contributed by atoms with van der Waals surface area (Å²) in [5, 5.41) is 12.7. The predicted molar refractivity (Wildman–Crippen MR) is 81.7 cm³/mol. The van der Waals surface area contributed by atoms with E-state index in [1.807, 2.05) is 0 Å². The molecule has 1 aliphatic carbocycles. The summed E-state index contributed by atoms with van der Waals surface area (Å²) in [6.45, 7) is 0.662. The molecule has 1 aliphatic rings. The molecule has 1 aromatic carbocycles. The molecule has 0 radical (unpaired) electrons. The number of methoxy groups -OCH3 is 1. The lowest BCUT2D eigenvalue weighted by Crippen LogP contribution is -2.31. The average molecular weight is 342 g/mol. The lowest BCUT2D eigenvalue weighted by Gasteiger charge is -2.25. The number of halogens is 1. The number of hydrogen-bond donors (Lipinski definition) is 2. The van der Waals surface area contributed by atoms with Crippen molar-refractivity contribution in [1.29, 1.82) is 0 Å². The molecule has 0 aromatic heterocycles. The smallest absolute Gasteiger partial charge is 0.255 e. The molecule has 1 aromatic rings. The van der Waals surface area contributed by atoms with Crippen LogP contribution in [0.1, 0.15) is 36.0 Å². The van der Waals surface area contributed by atoms with Crippen molar-refractivity contribution in [3.8, 4) is 11.5 Å². The molecule has 0 atom stereocenters. The van der Waals surface area contributed by atoms with Crippen LogP contribution in [0.4, 0.5) is 0 Å². The normalized spacial score (nSPS) is 22.3. The van der Waals surface area contributed by atoms with Gasteiger partial charge in [-0.1, -0.05) is 15.9 Å². The van der Waals surface area contributed by atoms with Gasteiger partial charge in [0.15, 0.2) is 0 Å². The molecule has 4 nitrogen and oxygen atoms in total. The molecule has 0 saturated heterocycles. The molecular weight excluding hydrogens is 322 g/mol. The Morgan fingerprint density at radius 3 is 2.75 bits per heavy atom. The number of carbonyl (C=O) groups is 1. The van der Waals surface area contributed by atoms with Crippen LogP contribution in [0.2, 0.25) is 0 Å². The van der Waals surface area contributed by atoms with Gasteiger partial charge in [-0.15, -0.1) is 0 Å². The highest BCUT2D eigenvalue weighted by Gasteiger charge is 2.20. The van der Waals surface area contributed by atoms with E-state index in [9.17, 15) is 9.90 Å². The van der Waals surface area contributed by atoms with Crippen molar-refractivity contribution < 1.29 is 14.6 Å². The molecule has 20 heavy (non-hydrogen) atoms. The van der Waals surface area contributed by atoms with Gasteiger partial charge in [-0.05, 0) is 49.8 Å². The maximum absolute atomic E-state index is 12.1. The first-order chi connectivity index (χ1) is 9.60. The van der Waals surface area contributed by atoms with E-state index in [0.717, 1.165) is 25.7 Å². The van der Waals surface area contributed by atoms with Crippen molar-refractivity contribution >= 4 is 21.8 Å². The SMILES string of the molecule is COc1ccc(O)c(C(=O)NCC2CCC(Br)CC2)c1. The third kappa shape index (κ3) is 3.88. The second-order valence-corrected chi connectivity index (χ2v) is 6.51. The average Bonchev–Trinajstić information content (AvgIpc) is 2.47. The zero-order valence-corrected chi connectivity index (χ0v) is 13.1. The highest BCUT2D eigenvalue weighted by molar-refractivity contribution is 9.09. The Labute approximate surface area is 127 Å². The second kappa shape index (κ2) is 6.97. The summed E-state index contributed by atoms with van der Waals surface area (Å²) in [7, 11) is 1.53. The van der Waals surface area contributed by atoms with E-state index in [1.165, 1.54) is 13.2 Å². The standard InChI is InChI=1S/C15H20BrNO3/c1-20-12-6-7-14(18)13(8-12)15(19)17-9-10-2-4-11(16)5-3-10/h6-8,10-11,18H,2-5,9H2,1H3,(H,17,19). The Kier molecular flexibility index (Phi) is 5.29. The van der Waals surface area contributed by atoms with Crippen LogP contribution in [0.15, 0.2) is 18.2 Å². The minimum absolute atomic E-state index is 0.0209. The van der Waals surface area contributed by atoms with Crippen LogP contribution in [0.25, 0.3) is 0 Å². The zero-order chi connectivity index (χ0) is 14.5. The van der Waals surface area contributed by atoms with Crippen molar-refractivity contribution in [3.05, 3.63) is 23.8 Å². The van der Waals surface area contributed by atoms with Crippen LogP contribution in [-0.2, 0) is 0 Å². The molecule has 110 valence electrons. The van der Waals surface area contributed by atoms with Crippen LogP contribution in [0, 0.1) is 5.92 Å². The topological polar surface area (TPSA) is 58.6 Å². The van der Waals surface area contributed by atoms with E-state index < -0.39 is 0 Å². The maximum Gasteiger partial charge on any atom is 0.255 e. The van der Waals surface area contributed by atoms with Gasteiger partial charge in [-0.2, -0.15) is 0 Å². The summed E-state index contributed by atoms with van der Waals surface area (Å²) in [4.78, 5) is 12.7. The molecule has 1 fully saturated rings. The lowest BCUT2D eigenvalue weighted by molar-refractivity contribution is 0.0941. The van der Waals surface area contributed by atoms with Crippen molar-refractivity contribution in [3.63, 3.8) is 0 Å². The zero-order valence-electron chi connectivity index (χ0n) is 11.6. The highest BCUT2D eigenvalue weighted by Crippen LogP contribution is 2.28. The molecule has 0 unspecified atom stereocenters. The third-order valence-corrected chi connectivity index (χ3v) is 4.69. The van der Waals surface area contributed by atoms with Gasteiger partial charge in [0.2, 0.25) is 0 Å². The van der Waals surface area contributed by atoms with Crippen LogP contribution >= 0.6 is 15.9 Å². The fourth-order valence-electron chi connectivity index (χ4n) is 2.48. The Bertz CT molecular complexity index is 470. The number of alkyl halides is 1. The maximum atomic E-state index is 12.1. The van der Waals surface area contributed by atoms with E-state index in [0.29, 0.717) is 23.0 Å². The first-order valence-electron chi connectivity index (χ1n) is 6.89. The van der Waals surface area contributed by atoms with Gasteiger partial charge in [-0.3, -0.25) is 4.79 Å². The molecule has 1 amide bonds. The first kappa shape index (κ1) is 15.2. The van der Waals surface area contributed by atoms with Gasteiger partial charge in [0.05, 0.1) is 12.7 Å². The third-order valence-electron chi connectivity index (χ3n) is 3.78. The van der Waals surface area contributed by atoms with E-state index >= 15 is 0 Å². The summed E-state index contributed by atoms with van der Waals surface area (Å²) in [5.74, 6) is 0.822.